The monoisotopic (exact) mass is 242 g/mol. The van der Waals surface area contributed by atoms with Gasteiger partial charge in [0, 0.05) is 24.4 Å². The van der Waals surface area contributed by atoms with E-state index in [2.05, 4.69) is 4.98 Å². The van der Waals surface area contributed by atoms with Crippen molar-refractivity contribution in [1.82, 2.24) is 9.88 Å². The smallest absolute Gasteiger partial charge is 0.407 e. The number of aliphatic hydroxyl groups is 1. The Morgan fingerprint density at radius 3 is 2.75 bits per heavy atom. The van der Waals surface area contributed by atoms with Gasteiger partial charge in [-0.1, -0.05) is 0 Å². The van der Waals surface area contributed by atoms with Crippen LogP contribution in [-0.2, 0) is 6.61 Å². The van der Waals surface area contributed by atoms with Crippen LogP contribution in [0.1, 0.15) is 29.5 Å². The first-order valence-electron chi connectivity index (χ1n) is 5.23. The molecule has 0 atom stereocenters. The number of aromatic nitrogens is 1. The van der Waals surface area contributed by atoms with Crippen LogP contribution in [0, 0.1) is 0 Å². The van der Waals surface area contributed by atoms with Crippen molar-refractivity contribution in [2.75, 3.05) is 13.1 Å². The van der Waals surface area contributed by atoms with Crippen molar-refractivity contribution >= 4 is 17.4 Å². The molecule has 1 aliphatic heterocycles. The summed E-state index contributed by atoms with van der Waals surface area (Å²) in [5.74, 6) is 0.348. The Balaban J connectivity index is 1.96. The van der Waals surface area contributed by atoms with Crippen LogP contribution in [0.25, 0.3) is 0 Å². The number of carboxylic acid groups (broad SMARTS) is 1. The van der Waals surface area contributed by atoms with E-state index in [1.165, 1.54) is 4.90 Å². The van der Waals surface area contributed by atoms with E-state index in [0.29, 0.717) is 24.7 Å². The summed E-state index contributed by atoms with van der Waals surface area (Å²) in [7, 11) is 0. The van der Waals surface area contributed by atoms with E-state index in [1.54, 1.807) is 11.3 Å². The molecule has 0 radical (unpaired) electrons. The Morgan fingerprint density at radius 1 is 1.56 bits per heavy atom. The molecule has 2 rings (SSSR count). The van der Waals surface area contributed by atoms with E-state index < -0.39 is 6.09 Å². The van der Waals surface area contributed by atoms with Gasteiger partial charge in [-0.2, -0.15) is 0 Å². The van der Waals surface area contributed by atoms with E-state index >= 15 is 0 Å². The number of rotatable bonds is 2. The van der Waals surface area contributed by atoms with Gasteiger partial charge >= 0.3 is 6.09 Å². The standard InChI is InChI=1S/C10H14N2O3S/c13-5-8-6-16-9(11-8)7-1-3-12(4-2-7)10(14)15/h6-7,13H,1-5H2,(H,14,15). The van der Waals surface area contributed by atoms with Crippen LogP contribution in [0.15, 0.2) is 5.38 Å². The second-order valence-electron chi connectivity index (χ2n) is 3.88. The molecule has 1 saturated heterocycles. The predicted molar refractivity (Wildman–Crippen MR) is 59.6 cm³/mol. The molecule has 0 aromatic carbocycles. The minimum atomic E-state index is -0.839. The Morgan fingerprint density at radius 2 is 2.25 bits per heavy atom. The van der Waals surface area contributed by atoms with Crippen LogP contribution >= 0.6 is 11.3 Å². The fourth-order valence-electron chi connectivity index (χ4n) is 1.90. The third-order valence-electron chi connectivity index (χ3n) is 2.85. The van der Waals surface area contributed by atoms with Gasteiger partial charge in [-0.05, 0) is 12.8 Å². The molecule has 1 amide bonds. The van der Waals surface area contributed by atoms with Gasteiger partial charge in [0.2, 0.25) is 0 Å². The number of piperidine rings is 1. The third-order valence-corrected chi connectivity index (χ3v) is 3.90. The Kier molecular flexibility index (Phi) is 3.40. The van der Waals surface area contributed by atoms with Gasteiger partial charge in [0.1, 0.15) is 0 Å². The number of amides is 1. The van der Waals surface area contributed by atoms with Gasteiger partial charge in [-0.3, -0.25) is 0 Å². The summed E-state index contributed by atoms with van der Waals surface area (Å²) in [6.45, 7) is 1.13. The van der Waals surface area contributed by atoms with Crippen LogP contribution in [0.2, 0.25) is 0 Å². The molecule has 2 N–H and O–H groups in total. The SMILES string of the molecule is O=C(O)N1CCC(c2nc(CO)cs2)CC1. The van der Waals surface area contributed by atoms with Crippen LogP contribution in [0.3, 0.4) is 0 Å². The highest BCUT2D eigenvalue weighted by molar-refractivity contribution is 7.09. The van der Waals surface area contributed by atoms with Gasteiger partial charge in [0.15, 0.2) is 0 Å². The number of aliphatic hydroxyl groups excluding tert-OH is 1. The molecule has 88 valence electrons. The van der Waals surface area contributed by atoms with Crippen LogP contribution in [0.5, 0.6) is 0 Å². The van der Waals surface area contributed by atoms with Gasteiger partial charge in [-0.15, -0.1) is 11.3 Å². The minimum Gasteiger partial charge on any atom is -0.465 e. The molecular formula is C10H14N2O3S. The molecule has 2 heterocycles. The molecule has 0 saturated carbocycles. The van der Waals surface area contributed by atoms with Crippen LogP contribution in [0.4, 0.5) is 4.79 Å². The van der Waals surface area contributed by atoms with Crippen molar-refractivity contribution < 1.29 is 15.0 Å². The lowest BCUT2D eigenvalue weighted by Gasteiger charge is -2.28. The second kappa shape index (κ2) is 4.80. The molecule has 0 aliphatic carbocycles. The lowest BCUT2D eigenvalue weighted by Crippen LogP contribution is -2.36. The summed E-state index contributed by atoms with van der Waals surface area (Å²) < 4.78 is 0. The molecule has 0 bridgehead atoms. The summed E-state index contributed by atoms with van der Waals surface area (Å²) in [6.07, 6.45) is 0.809. The molecule has 5 nitrogen and oxygen atoms in total. The average Bonchev–Trinajstić information content (AvgIpc) is 2.77. The number of likely N-dealkylation sites (tertiary alicyclic amines) is 1. The molecule has 1 aromatic heterocycles. The molecule has 6 heteroatoms. The third kappa shape index (κ3) is 2.33. The van der Waals surface area contributed by atoms with Gasteiger partial charge < -0.3 is 15.1 Å². The van der Waals surface area contributed by atoms with E-state index in [0.717, 1.165) is 17.8 Å². The fraction of sp³-hybridized carbons (Fsp3) is 0.600. The van der Waals surface area contributed by atoms with Gasteiger partial charge in [0.25, 0.3) is 0 Å². The number of hydrogen-bond donors (Lipinski definition) is 2. The van der Waals surface area contributed by atoms with Crippen molar-refractivity contribution in [3.8, 4) is 0 Å². The first kappa shape index (κ1) is 11.3. The first-order chi connectivity index (χ1) is 7.70. The molecular weight excluding hydrogens is 228 g/mol. The zero-order valence-corrected chi connectivity index (χ0v) is 9.61. The lowest BCUT2D eigenvalue weighted by atomic mass is 9.98. The van der Waals surface area contributed by atoms with Crippen LogP contribution < -0.4 is 0 Å². The molecule has 16 heavy (non-hydrogen) atoms. The highest BCUT2D eigenvalue weighted by Gasteiger charge is 2.25. The zero-order valence-electron chi connectivity index (χ0n) is 8.80. The maximum atomic E-state index is 10.7. The Labute approximate surface area is 97.4 Å². The largest absolute Gasteiger partial charge is 0.465 e. The predicted octanol–water partition coefficient (Wildman–Crippen LogP) is 1.49. The van der Waals surface area contributed by atoms with E-state index in [1.807, 2.05) is 5.38 Å². The maximum absolute atomic E-state index is 10.7. The molecule has 0 spiro atoms. The molecule has 1 aromatic rings. The van der Waals surface area contributed by atoms with Crippen molar-refractivity contribution in [2.45, 2.75) is 25.4 Å². The Bertz CT molecular complexity index is 372. The summed E-state index contributed by atoms with van der Waals surface area (Å²) in [6, 6.07) is 0. The number of hydrogen-bond acceptors (Lipinski definition) is 4. The summed E-state index contributed by atoms with van der Waals surface area (Å²) in [4.78, 5) is 16.5. The van der Waals surface area contributed by atoms with E-state index in [9.17, 15) is 4.79 Å². The molecule has 0 unspecified atom stereocenters. The number of nitrogens with zero attached hydrogens (tertiary/aromatic N) is 2. The molecule has 1 fully saturated rings. The number of thiazole rings is 1. The van der Waals surface area contributed by atoms with Gasteiger partial charge in [-0.25, -0.2) is 9.78 Å². The van der Waals surface area contributed by atoms with Gasteiger partial charge in [0.05, 0.1) is 17.3 Å². The first-order valence-corrected chi connectivity index (χ1v) is 6.11. The lowest BCUT2D eigenvalue weighted by molar-refractivity contribution is 0.132. The summed E-state index contributed by atoms with van der Waals surface area (Å²) in [5, 5.41) is 20.6. The van der Waals surface area contributed by atoms with Crippen molar-refractivity contribution in [2.24, 2.45) is 0 Å². The highest BCUT2D eigenvalue weighted by atomic mass is 32.1. The second-order valence-corrected chi connectivity index (χ2v) is 4.77. The normalized spacial score (nSPS) is 17.7. The Hall–Kier alpha value is -1.14. The van der Waals surface area contributed by atoms with Crippen molar-refractivity contribution in [1.29, 1.82) is 0 Å². The fourth-order valence-corrected chi connectivity index (χ4v) is 2.88. The summed E-state index contributed by atoms with van der Waals surface area (Å²) in [5.41, 5.74) is 0.709. The molecule has 1 aliphatic rings. The average molecular weight is 242 g/mol. The topological polar surface area (TPSA) is 73.7 Å². The van der Waals surface area contributed by atoms with Crippen molar-refractivity contribution in [3.63, 3.8) is 0 Å². The van der Waals surface area contributed by atoms with Crippen molar-refractivity contribution in [3.05, 3.63) is 16.1 Å². The number of carbonyl (C=O) groups is 1. The van der Waals surface area contributed by atoms with E-state index in [-0.39, 0.29) is 6.61 Å². The minimum absolute atomic E-state index is 0.0233. The quantitative estimate of drug-likeness (QED) is 0.824. The summed E-state index contributed by atoms with van der Waals surface area (Å²) >= 11 is 1.55. The zero-order chi connectivity index (χ0) is 11.5. The van der Waals surface area contributed by atoms with E-state index in [4.69, 9.17) is 10.2 Å². The highest BCUT2D eigenvalue weighted by Crippen LogP contribution is 2.30. The van der Waals surface area contributed by atoms with Crippen LogP contribution in [-0.4, -0.2) is 39.3 Å². The maximum Gasteiger partial charge on any atom is 0.407 e.